The van der Waals surface area contributed by atoms with E-state index in [2.05, 4.69) is 21.9 Å². The molecule has 0 spiro atoms. The van der Waals surface area contributed by atoms with Crippen molar-refractivity contribution >= 4 is 41.3 Å². The number of aromatic nitrogens is 3. The summed E-state index contributed by atoms with van der Waals surface area (Å²) in [7, 11) is 0. The number of imidazole rings is 1. The standard InChI is InChI=1S/C43H30ClN5O5/c1-23-2-10-31-36(18-23)54-37-21-29(45)9-12-32(37)38(31)30-11-7-28(19-33(30)43(52)53)42(51)47-22-24-3-5-26(6-4-24)41-48-39(25-14-16-46-17-15-25)40(49-41)27-8-13-34(44)35(50)20-27/h2-21,50H,1,22,45H2,(H,47,51)(H,48,49)(H,52,53)/p-1. The van der Waals surface area contributed by atoms with Crippen molar-refractivity contribution in [1.82, 2.24) is 20.3 Å². The van der Waals surface area contributed by atoms with Crippen molar-refractivity contribution in [3.8, 4) is 51.2 Å². The molecule has 7 aromatic rings. The quantitative estimate of drug-likeness (QED) is 0.142. The molecule has 1 amide bonds. The number of aromatic hydroxyl groups is 1. The van der Waals surface area contributed by atoms with Crippen molar-refractivity contribution in [3.63, 3.8) is 0 Å². The van der Waals surface area contributed by atoms with Gasteiger partial charge in [0.1, 0.15) is 23.1 Å². The van der Waals surface area contributed by atoms with Gasteiger partial charge in [0.2, 0.25) is 0 Å². The van der Waals surface area contributed by atoms with Crippen LogP contribution in [-0.4, -0.2) is 31.9 Å². The predicted molar refractivity (Wildman–Crippen MR) is 205 cm³/mol. The third-order valence-electron chi connectivity index (χ3n) is 9.15. The Morgan fingerprint density at radius 3 is 2.37 bits per heavy atom. The van der Waals surface area contributed by atoms with Gasteiger partial charge in [-0.1, -0.05) is 66.7 Å². The molecule has 5 aromatic carbocycles. The number of pyridine rings is 1. The van der Waals surface area contributed by atoms with Gasteiger partial charge in [-0.15, -0.1) is 0 Å². The zero-order valence-corrected chi connectivity index (χ0v) is 29.1. The van der Waals surface area contributed by atoms with Crippen LogP contribution in [0, 0.1) is 0 Å². The van der Waals surface area contributed by atoms with Crippen molar-refractivity contribution in [1.29, 1.82) is 0 Å². The van der Waals surface area contributed by atoms with Crippen LogP contribution in [0.5, 0.6) is 17.2 Å². The highest BCUT2D eigenvalue weighted by Gasteiger charge is 2.24. The Labute approximate surface area is 313 Å². The topological polar surface area (TPSA) is 166 Å². The number of phenols is 1. The van der Waals surface area contributed by atoms with Gasteiger partial charge in [-0.05, 0) is 70.9 Å². The normalized spacial score (nSPS) is 11.7. The first kappa shape index (κ1) is 33.9. The highest BCUT2D eigenvalue weighted by Crippen LogP contribution is 2.39. The van der Waals surface area contributed by atoms with Gasteiger partial charge in [0.15, 0.2) is 0 Å². The number of nitrogens with zero attached hydrogens (tertiary/aromatic N) is 2. The smallest absolute Gasteiger partial charge is 0.251 e. The zero-order chi connectivity index (χ0) is 37.5. The van der Waals surface area contributed by atoms with E-state index < -0.39 is 11.9 Å². The number of amides is 1. The van der Waals surface area contributed by atoms with Crippen LogP contribution in [0.3, 0.4) is 0 Å². The fourth-order valence-corrected chi connectivity index (χ4v) is 6.60. The lowest BCUT2D eigenvalue weighted by Crippen LogP contribution is -2.28. The van der Waals surface area contributed by atoms with Crippen molar-refractivity contribution in [2.75, 3.05) is 5.73 Å². The van der Waals surface area contributed by atoms with E-state index in [4.69, 9.17) is 27.1 Å². The van der Waals surface area contributed by atoms with Gasteiger partial charge in [0, 0.05) is 74.9 Å². The molecule has 264 valence electrons. The number of benzene rings is 5. The van der Waals surface area contributed by atoms with E-state index in [9.17, 15) is 19.8 Å². The Morgan fingerprint density at radius 1 is 0.852 bits per heavy atom. The number of aromatic amines is 1. The molecule has 3 heterocycles. The molecule has 5 N–H and O–H groups in total. The number of carbonyl (C=O) groups excluding carboxylic acids is 2. The molecular formula is C43H29ClN5O5-. The molecule has 0 radical (unpaired) electrons. The highest BCUT2D eigenvalue weighted by molar-refractivity contribution is 6.32. The van der Waals surface area contributed by atoms with E-state index in [0.717, 1.165) is 27.6 Å². The van der Waals surface area contributed by atoms with Crippen LogP contribution >= 0.6 is 11.6 Å². The summed E-state index contributed by atoms with van der Waals surface area (Å²) in [6.07, 6.45) is 3.38. The molecule has 0 saturated carbocycles. The van der Waals surface area contributed by atoms with Gasteiger partial charge in [0.25, 0.3) is 5.91 Å². The lowest BCUT2D eigenvalue weighted by atomic mass is 9.88. The molecule has 11 heteroatoms. The largest absolute Gasteiger partial charge is 0.545 e. The van der Waals surface area contributed by atoms with Gasteiger partial charge in [-0.2, -0.15) is 0 Å². The average molecular weight is 731 g/mol. The maximum absolute atomic E-state index is 13.4. The van der Waals surface area contributed by atoms with E-state index >= 15 is 0 Å². The Morgan fingerprint density at radius 2 is 1.61 bits per heavy atom. The number of nitrogens with one attached hydrogen (secondary N) is 2. The number of carbonyl (C=O) groups is 2. The summed E-state index contributed by atoms with van der Waals surface area (Å²) in [6.45, 7) is 4.17. The molecule has 1 aliphatic rings. The van der Waals surface area contributed by atoms with Crippen LogP contribution < -0.4 is 31.3 Å². The number of ether oxygens (including phenoxy) is 1. The summed E-state index contributed by atoms with van der Waals surface area (Å²) in [5.74, 6) is -0.349. The molecular weight excluding hydrogens is 702 g/mol. The molecule has 1 aliphatic heterocycles. The maximum Gasteiger partial charge on any atom is 0.251 e. The van der Waals surface area contributed by atoms with E-state index in [0.29, 0.717) is 56.2 Å². The van der Waals surface area contributed by atoms with Crippen molar-refractivity contribution in [2.45, 2.75) is 6.54 Å². The molecule has 8 rings (SSSR count). The molecule has 0 saturated heterocycles. The highest BCUT2D eigenvalue weighted by atomic mass is 35.5. The van der Waals surface area contributed by atoms with E-state index in [1.165, 1.54) is 6.07 Å². The lowest BCUT2D eigenvalue weighted by Gasteiger charge is -2.23. The molecule has 0 unspecified atom stereocenters. The Bertz CT molecular complexity index is 2750. The zero-order valence-electron chi connectivity index (χ0n) is 28.4. The fourth-order valence-electron chi connectivity index (χ4n) is 6.48. The first-order valence-corrected chi connectivity index (χ1v) is 17.1. The second kappa shape index (κ2) is 13.8. The number of carboxylic acids is 1. The second-order valence-electron chi connectivity index (χ2n) is 12.7. The Balaban J connectivity index is 1.05. The number of anilines is 1. The van der Waals surface area contributed by atoms with Gasteiger partial charge < -0.3 is 35.8 Å². The van der Waals surface area contributed by atoms with Crippen molar-refractivity contribution < 1.29 is 24.5 Å². The number of H-pyrrole nitrogens is 1. The molecule has 0 fully saturated rings. The van der Waals surface area contributed by atoms with Crippen LogP contribution in [0.25, 0.3) is 46.1 Å². The number of hydrogen-bond acceptors (Lipinski definition) is 8. The van der Waals surface area contributed by atoms with E-state index in [1.807, 2.05) is 48.5 Å². The molecule has 10 nitrogen and oxygen atoms in total. The van der Waals surface area contributed by atoms with E-state index in [1.54, 1.807) is 67.0 Å². The molecule has 0 atom stereocenters. The van der Waals surface area contributed by atoms with Crippen LogP contribution in [0.1, 0.15) is 37.4 Å². The number of carboxylic acid groups (broad SMARTS) is 1. The summed E-state index contributed by atoms with van der Waals surface area (Å²) in [4.78, 5) is 38.3. The first-order valence-electron chi connectivity index (χ1n) is 16.8. The van der Waals surface area contributed by atoms with Gasteiger partial charge in [-0.3, -0.25) is 9.78 Å². The van der Waals surface area contributed by atoms with Crippen LogP contribution in [0.15, 0.2) is 122 Å². The van der Waals surface area contributed by atoms with Crippen LogP contribution in [0.4, 0.5) is 5.69 Å². The van der Waals surface area contributed by atoms with Crippen LogP contribution in [-0.2, 0) is 6.54 Å². The first-order chi connectivity index (χ1) is 26.1. The lowest BCUT2D eigenvalue weighted by molar-refractivity contribution is -0.255. The summed E-state index contributed by atoms with van der Waals surface area (Å²) in [5.41, 5.74) is 12.7. The Kier molecular flexibility index (Phi) is 8.65. The molecule has 0 aliphatic carbocycles. The number of fused-ring (bicyclic) bond motifs is 2. The summed E-state index contributed by atoms with van der Waals surface area (Å²) in [6, 6.07) is 31.3. The number of aromatic carboxylic acids is 1. The average Bonchev–Trinajstić information content (AvgIpc) is 3.63. The molecule has 0 bridgehead atoms. The molecule has 54 heavy (non-hydrogen) atoms. The third kappa shape index (κ3) is 6.42. The number of nitrogen functional groups attached to an aromatic ring is 1. The van der Waals surface area contributed by atoms with Gasteiger partial charge in [0.05, 0.1) is 22.4 Å². The minimum atomic E-state index is -1.43. The number of nitrogens with two attached hydrogens (primary N) is 1. The summed E-state index contributed by atoms with van der Waals surface area (Å²) in [5, 5.41) is 27.4. The summed E-state index contributed by atoms with van der Waals surface area (Å²) < 4.78 is 6.12. The second-order valence-corrected chi connectivity index (χ2v) is 13.1. The van der Waals surface area contributed by atoms with Gasteiger partial charge >= 0.3 is 0 Å². The SMILES string of the molecule is C=c1ccc2c(c1)Oc1cc(N)ccc1C=2c1ccc(C(=O)NCc2ccc(-c3nc(-c4ccc(Cl)c(O)c4)c(-c4ccncc4)[nH]3)cc2)cc1C(=O)[O-]. The number of halogens is 1. The minimum Gasteiger partial charge on any atom is -0.545 e. The number of phenolic OH excluding ortho intramolecular Hbond substituents is 1. The molecule has 2 aromatic heterocycles. The maximum atomic E-state index is 13.4. The Hall–Kier alpha value is -7.17. The van der Waals surface area contributed by atoms with Crippen LogP contribution in [0.2, 0.25) is 5.02 Å². The van der Waals surface area contributed by atoms with E-state index in [-0.39, 0.29) is 28.4 Å². The fraction of sp³-hybridized carbons (Fsp3) is 0.0233. The van der Waals surface area contributed by atoms with Gasteiger partial charge in [-0.25, -0.2) is 4.98 Å². The predicted octanol–water partition coefficient (Wildman–Crippen LogP) is 5.80. The number of rotatable bonds is 8. The summed E-state index contributed by atoms with van der Waals surface area (Å²) >= 11 is 6.07. The third-order valence-corrected chi connectivity index (χ3v) is 9.47. The monoisotopic (exact) mass is 730 g/mol. The minimum absolute atomic E-state index is 0.0497. The van der Waals surface area contributed by atoms with Crippen molar-refractivity contribution in [3.05, 3.63) is 165 Å². The number of hydrogen-bond donors (Lipinski definition) is 4. The van der Waals surface area contributed by atoms with Crippen molar-refractivity contribution in [2.24, 2.45) is 0 Å².